The Balaban J connectivity index is 0.000000808. The molecular formula is C87H130N8O27. The third-order valence-electron chi connectivity index (χ3n) is 20.3. The van der Waals surface area contributed by atoms with E-state index in [1.807, 2.05) is 27.7 Å². The lowest BCUT2D eigenvalue weighted by molar-refractivity contribution is -0.157. The van der Waals surface area contributed by atoms with Crippen LogP contribution in [0.3, 0.4) is 0 Å². The summed E-state index contributed by atoms with van der Waals surface area (Å²) in [5, 5.41) is 117. The van der Waals surface area contributed by atoms with Gasteiger partial charge in [-0.25, -0.2) is 0 Å². The van der Waals surface area contributed by atoms with E-state index in [0.717, 1.165) is 79.5 Å². The van der Waals surface area contributed by atoms with Gasteiger partial charge >= 0.3 is 0 Å². The second-order valence-corrected chi connectivity index (χ2v) is 29.7. The van der Waals surface area contributed by atoms with E-state index in [-0.39, 0.29) is 111 Å². The van der Waals surface area contributed by atoms with Crippen molar-refractivity contribution in [2.75, 3.05) is 97.4 Å². The predicted octanol–water partition coefficient (Wildman–Crippen LogP) is 5.31. The van der Waals surface area contributed by atoms with Crippen LogP contribution in [0.4, 0.5) is 0 Å². The highest BCUT2D eigenvalue weighted by Crippen LogP contribution is 2.49. The Labute approximate surface area is 713 Å². The molecule has 8 aliphatic heterocycles. The summed E-state index contributed by atoms with van der Waals surface area (Å²) in [5.74, 6) is -9.23. The molecule has 2 saturated heterocycles. The van der Waals surface area contributed by atoms with E-state index in [1.54, 1.807) is 85.4 Å². The number of carbonyl (C=O) groups excluding carboxylic acids is 8. The lowest BCUT2D eigenvalue weighted by atomic mass is 9.86. The number of amides is 7. The number of aliphatic hydroxyl groups is 8. The smallest absolute Gasteiger partial charge is 0.248 e. The highest BCUT2D eigenvalue weighted by molar-refractivity contribution is 6.01. The number of fused-ring (bicyclic) bond motifs is 15. The van der Waals surface area contributed by atoms with Crippen LogP contribution in [-0.4, -0.2) is 254 Å². The molecule has 2 fully saturated rings. The number of aryl methyl sites for hydroxylation is 2. The van der Waals surface area contributed by atoms with Gasteiger partial charge in [-0.15, -0.1) is 0 Å². The van der Waals surface area contributed by atoms with Gasteiger partial charge in [-0.05, 0) is 186 Å². The van der Waals surface area contributed by atoms with Gasteiger partial charge in [0.2, 0.25) is 53.4 Å². The molecule has 680 valence electrons. The summed E-state index contributed by atoms with van der Waals surface area (Å²) < 4.78 is 44.3. The minimum Gasteiger partial charge on any atom is -0.508 e. The van der Waals surface area contributed by atoms with Crippen molar-refractivity contribution in [2.45, 2.75) is 199 Å². The van der Waals surface area contributed by atoms with E-state index in [1.165, 1.54) is 88.4 Å². The molecule has 122 heavy (non-hydrogen) atoms. The molecule has 14 unspecified atom stereocenters. The molecule has 0 aliphatic carbocycles. The molecule has 13 rings (SSSR count). The molecule has 0 spiro atoms. The first-order chi connectivity index (χ1) is 58.1. The number of allylic oxidation sites excluding steroid dienone is 1. The number of ether oxygens (including phenoxy) is 8. The van der Waals surface area contributed by atoms with Gasteiger partial charge in [0, 0.05) is 97.9 Å². The number of rotatable bonds is 13. The van der Waals surface area contributed by atoms with Gasteiger partial charge < -0.3 is 132 Å². The van der Waals surface area contributed by atoms with Gasteiger partial charge in [-0.3, -0.25) is 43.3 Å². The number of aliphatic hydroxyl groups excluding tert-OH is 8. The topological polar surface area (TPSA) is 534 Å². The Kier molecular flexibility index (Phi) is 46.1. The molecule has 5 aromatic rings. The van der Waals surface area contributed by atoms with Gasteiger partial charge in [0.1, 0.15) is 71.1 Å². The summed E-state index contributed by atoms with van der Waals surface area (Å²) in [6.45, 7) is 17.3. The number of methoxy groups -OCH3 is 3. The van der Waals surface area contributed by atoms with Crippen molar-refractivity contribution in [3.63, 3.8) is 0 Å². The number of Topliss-reactive ketones (excluding diaryl/α,β-unsaturated/α-hetero) is 1. The normalized spacial score (nSPS) is 22.9. The quantitative estimate of drug-likeness (QED) is 0.0710. The molecule has 35 nitrogen and oxygen atoms in total. The van der Waals surface area contributed by atoms with Gasteiger partial charge in [0.15, 0.2) is 17.3 Å². The van der Waals surface area contributed by atoms with E-state index < -0.39 is 131 Å². The number of nitrogens with two attached hydrogens (primary N) is 1. The zero-order chi connectivity index (χ0) is 92.1. The van der Waals surface area contributed by atoms with Crippen molar-refractivity contribution in [3.8, 4) is 57.1 Å². The fraction of sp³-hybridized carbons (Fsp3) is 0.540. The molecule has 8 aliphatic rings. The van der Waals surface area contributed by atoms with Crippen molar-refractivity contribution in [1.82, 2.24) is 36.8 Å². The summed E-state index contributed by atoms with van der Waals surface area (Å²) in [6.07, 6.45) is 6.59. The lowest BCUT2D eigenvalue weighted by Crippen LogP contribution is -2.59. The average Bonchev–Trinajstić information content (AvgIpc) is 0.753. The predicted molar refractivity (Wildman–Crippen MR) is 453 cm³/mol. The molecule has 14 atom stereocenters. The van der Waals surface area contributed by atoms with Crippen LogP contribution in [0, 0.1) is 32.6 Å². The molecule has 7 amide bonds. The maximum atomic E-state index is 15.7. The largest absolute Gasteiger partial charge is 0.508 e. The van der Waals surface area contributed by atoms with Crippen molar-refractivity contribution >= 4 is 47.1 Å². The van der Waals surface area contributed by atoms with Gasteiger partial charge in [-0.1, -0.05) is 58.9 Å². The first-order valence-corrected chi connectivity index (χ1v) is 40.0. The van der Waals surface area contributed by atoms with E-state index >= 15 is 14.4 Å². The van der Waals surface area contributed by atoms with Crippen molar-refractivity contribution in [2.24, 2.45) is 17.6 Å². The van der Waals surface area contributed by atoms with Crippen LogP contribution >= 0.6 is 0 Å². The number of aromatic hydroxyl groups is 3. The minimum absolute atomic E-state index is 0.00491. The fourth-order valence-electron chi connectivity index (χ4n) is 13.7. The number of likely N-dealkylation sites (N-methyl/N-ethyl adjacent to an activating group) is 1. The maximum absolute atomic E-state index is 15.7. The third-order valence-corrected chi connectivity index (χ3v) is 20.3. The monoisotopic (exact) mass is 1720 g/mol. The zero-order valence-corrected chi connectivity index (χ0v) is 73.3. The van der Waals surface area contributed by atoms with E-state index in [2.05, 4.69) is 36.6 Å². The molecular weight excluding hydrogens is 1590 g/mol. The van der Waals surface area contributed by atoms with Gasteiger partial charge in [-0.2, -0.15) is 0 Å². The molecule has 0 saturated carbocycles. The molecule has 35 heteroatoms. The number of primary amides is 1. The SMILES string of the molecule is CCC1=CC(O)C(C)C(OC)O1.CO.CO.CO.CO.COC.COc1c2cc3cc1Oc1ccc(cc1C)C(O)C(NC(=O)C(CC(C)C)N(C)C)C(=O)NC(CC(N)=O)C(=O)NC3C(=O)NC1C(=O)NC(C(=O)NC(C(C)=O)c3cc(O)c(C)c(O)c3-c3cc1ccc3O)C(C)c1ccc(c(C)c1)O2.OCC1CCCCO1.OCC1CCCCO1. The second kappa shape index (κ2) is 53.0. The summed E-state index contributed by atoms with van der Waals surface area (Å²) in [4.78, 5) is 118. The van der Waals surface area contributed by atoms with E-state index in [9.17, 15) is 49.5 Å². The maximum Gasteiger partial charge on any atom is 0.248 e. The van der Waals surface area contributed by atoms with E-state index in [0.29, 0.717) is 23.1 Å². The second-order valence-electron chi connectivity index (χ2n) is 29.7. The van der Waals surface area contributed by atoms with Crippen LogP contribution in [0.15, 0.2) is 84.6 Å². The van der Waals surface area contributed by atoms with Crippen LogP contribution in [0.25, 0.3) is 11.1 Å². The van der Waals surface area contributed by atoms with E-state index in [4.69, 9.17) is 69.5 Å². The Morgan fingerprint density at radius 2 is 1.15 bits per heavy atom. The molecule has 5 aromatic carbocycles. The first-order valence-electron chi connectivity index (χ1n) is 40.0. The number of ketones is 1. The van der Waals surface area contributed by atoms with Crippen LogP contribution in [0.2, 0.25) is 0 Å². The third kappa shape index (κ3) is 29.3. The Morgan fingerprint density at radius 1 is 0.631 bits per heavy atom. The zero-order valence-electron chi connectivity index (χ0n) is 73.3. The Bertz CT molecular complexity index is 4210. The highest BCUT2D eigenvalue weighted by atomic mass is 16.7. The summed E-state index contributed by atoms with van der Waals surface area (Å²) in [6, 6.07) is 5.55. The van der Waals surface area contributed by atoms with Crippen molar-refractivity contribution in [3.05, 3.63) is 129 Å². The molecule has 0 radical (unpaired) electrons. The summed E-state index contributed by atoms with van der Waals surface area (Å²) >= 11 is 0. The van der Waals surface area contributed by atoms with Crippen LogP contribution in [0.1, 0.15) is 174 Å². The van der Waals surface area contributed by atoms with Crippen LogP contribution in [-0.2, 0) is 62.0 Å². The summed E-state index contributed by atoms with van der Waals surface area (Å²) in [5.41, 5.74) is 6.46. The number of benzene rings is 5. The standard InChI is InChI=1S/C60H68N8O15.C9H16O3.2C6H12O2.C2H6O.4CH4O/c1-25(2)17-38(68(8)9)56(76)67-51-53(74)33-13-16-42(27(4)19-33)83-44-22-34-21-43(54(44)81-10)82-41-15-12-31(18-26(41)3)28(5)47-57(77)64-48(30(7)69)36-23-40(71)29(6)52(73)46(36)35-20-32(11-14-39(35)70)49(58(78)63-47)66-59(79)50(34)65-55(75)37(24-45(61)72)62-60(51)80;1-4-7-5-8(10)6(2)9(11-3)12-7;2*7-5-6-3-1-2-4-8-6;1-3-2;4*1-2/h11-16,18-23,25,28,37-38,47-51,53,70-71,73-74H,17,24H2,1-10H3,(H2,61,72)(H,62,80)(H,63,78)(H,64,77)(H,65,75)(H,66,79)(H,67,76);5-6,8-10H,4H2,1-3H3;2*6-7H,1-5H2;1-2H3;4*2H,1H3. The lowest BCUT2D eigenvalue weighted by Gasteiger charge is -2.32. The first kappa shape index (κ1) is 106. The number of phenolic OH excluding ortho intramolecular Hbond substituents is 3. The van der Waals surface area contributed by atoms with Crippen LogP contribution in [0.5, 0.6) is 46.0 Å². The molecule has 0 aromatic heterocycles. The Hall–Kier alpha value is -10.1. The molecule has 11 bridgehead atoms. The van der Waals surface area contributed by atoms with Crippen molar-refractivity contribution < 1.29 is 132 Å². The molecule has 19 N–H and O–H groups in total. The van der Waals surface area contributed by atoms with Crippen LogP contribution < -0.4 is 51.8 Å². The van der Waals surface area contributed by atoms with Gasteiger partial charge in [0.05, 0.1) is 56.9 Å². The number of carbonyl (C=O) groups is 8. The number of phenols is 3. The number of hydrogen-bond acceptors (Lipinski definition) is 28. The molecule has 8 heterocycles. The number of nitrogens with zero attached hydrogens (tertiary/aromatic N) is 1. The highest BCUT2D eigenvalue weighted by Gasteiger charge is 2.42. The number of nitrogens with one attached hydrogen (secondary N) is 6. The minimum atomic E-state index is -1.97. The Morgan fingerprint density at radius 3 is 1.61 bits per heavy atom. The average molecular weight is 1720 g/mol. The summed E-state index contributed by atoms with van der Waals surface area (Å²) in [7, 11) is 13.5. The van der Waals surface area contributed by atoms with Gasteiger partial charge in [0.25, 0.3) is 0 Å². The number of hydrogen-bond donors (Lipinski definition) is 18. The fourth-order valence-corrected chi connectivity index (χ4v) is 13.7. The van der Waals surface area contributed by atoms with Crippen molar-refractivity contribution in [1.29, 1.82) is 0 Å².